The van der Waals surface area contributed by atoms with E-state index in [1.807, 2.05) is 27.7 Å². The van der Waals surface area contributed by atoms with E-state index in [2.05, 4.69) is 21.3 Å². The van der Waals surface area contributed by atoms with Gasteiger partial charge in [-0.25, -0.2) is 0 Å². The van der Waals surface area contributed by atoms with Gasteiger partial charge in [0, 0.05) is 23.8 Å². The topological polar surface area (TPSA) is 60.9 Å². The van der Waals surface area contributed by atoms with Crippen molar-refractivity contribution >= 4 is 11.4 Å². The van der Waals surface area contributed by atoms with Gasteiger partial charge in [-0.15, -0.1) is 11.3 Å². The second-order valence-electron chi connectivity index (χ2n) is 5.10. The lowest BCUT2D eigenvalue weighted by atomic mass is 10.1. The highest BCUT2D eigenvalue weighted by atomic mass is 32.2. The summed E-state index contributed by atoms with van der Waals surface area (Å²) in [6.45, 7) is 11.4. The zero-order valence-electron chi connectivity index (χ0n) is 11.4. The van der Waals surface area contributed by atoms with E-state index < -0.39 is 11.4 Å². The third-order valence-electron chi connectivity index (χ3n) is 2.46. The molecule has 2 atom stereocenters. The highest BCUT2D eigenvalue weighted by molar-refractivity contribution is 7.90. The Kier molecular flexibility index (Phi) is 5.31. The third-order valence-corrected chi connectivity index (χ3v) is 4.07. The molecule has 0 fully saturated rings. The number of rotatable bonds is 5. The van der Waals surface area contributed by atoms with Crippen molar-refractivity contribution in [2.75, 3.05) is 0 Å². The van der Waals surface area contributed by atoms with Gasteiger partial charge in [0.25, 0.3) is 0 Å². The van der Waals surface area contributed by atoms with E-state index in [-0.39, 0.29) is 10.8 Å². The monoisotopic (exact) mass is 267 g/mol. The van der Waals surface area contributed by atoms with Crippen LogP contribution in [-0.2, 0) is 11.4 Å². The molecule has 1 aromatic heterocycles. The predicted molar refractivity (Wildman–Crippen MR) is 75.4 cm³/mol. The first-order valence-corrected chi connectivity index (χ1v) is 7.07. The minimum atomic E-state index is -1.14. The van der Waals surface area contributed by atoms with Crippen LogP contribution >= 0.6 is 0 Å². The van der Waals surface area contributed by atoms with E-state index in [4.69, 9.17) is 0 Å². The lowest BCUT2D eigenvalue weighted by Crippen LogP contribution is -2.41. The number of nitrogens with one attached hydrogen (secondary N) is 1. The molecule has 2 unspecified atom stereocenters. The molecule has 0 aliphatic heterocycles. The van der Waals surface area contributed by atoms with Crippen molar-refractivity contribution in [2.24, 2.45) is 0 Å². The SMILES string of the molecule is C=CCC(N[S+]([O-])C(C)(C)C)c1nccnc1C. The van der Waals surface area contributed by atoms with Gasteiger partial charge in [-0.1, -0.05) is 6.08 Å². The zero-order chi connectivity index (χ0) is 13.8. The summed E-state index contributed by atoms with van der Waals surface area (Å²) in [6.07, 6.45) is 5.78. The van der Waals surface area contributed by atoms with Crippen molar-refractivity contribution in [1.29, 1.82) is 0 Å². The van der Waals surface area contributed by atoms with E-state index in [0.717, 1.165) is 11.4 Å². The van der Waals surface area contributed by atoms with E-state index in [1.165, 1.54) is 0 Å². The lowest BCUT2D eigenvalue weighted by Gasteiger charge is -2.27. The van der Waals surface area contributed by atoms with Gasteiger partial charge in [0.15, 0.2) is 0 Å². The number of hydrogen-bond acceptors (Lipinski definition) is 4. The fourth-order valence-corrected chi connectivity index (χ4v) is 2.27. The first kappa shape index (κ1) is 15.1. The van der Waals surface area contributed by atoms with Gasteiger partial charge in [0.2, 0.25) is 0 Å². The molecule has 0 saturated carbocycles. The van der Waals surface area contributed by atoms with Gasteiger partial charge in [0.1, 0.15) is 4.75 Å². The largest absolute Gasteiger partial charge is 0.598 e. The minimum absolute atomic E-state index is 0.115. The van der Waals surface area contributed by atoms with Crippen molar-refractivity contribution in [1.82, 2.24) is 14.7 Å². The molecule has 4 nitrogen and oxygen atoms in total. The molecule has 1 heterocycles. The number of aromatic nitrogens is 2. The molecule has 1 aromatic rings. The summed E-state index contributed by atoms with van der Waals surface area (Å²) in [5, 5.41) is 0. The summed E-state index contributed by atoms with van der Waals surface area (Å²) in [5.74, 6) is 0. The minimum Gasteiger partial charge on any atom is -0.598 e. The molecule has 1 N–H and O–H groups in total. The Hall–Kier alpha value is -0.910. The van der Waals surface area contributed by atoms with Crippen LogP contribution in [0.5, 0.6) is 0 Å². The Labute approximate surface area is 112 Å². The van der Waals surface area contributed by atoms with E-state index in [1.54, 1.807) is 18.5 Å². The average Bonchev–Trinajstić information content (AvgIpc) is 2.28. The molecular weight excluding hydrogens is 246 g/mol. The van der Waals surface area contributed by atoms with E-state index in [9.17, 15) is 4.55 Å². The van der Waals surface area contributed by atoms with E-state index in [0.29, 0.717) is 6.42 Å². The van der Waals surface area contributed by atoms with Crippen LogP contribution in [0.2, 0.25) is 0 Å². The van der Waals surface area contributed by atoms with Gasteiger partial charge >= 0.3 is 0 Å². The highest BCUT2D eigenvalue weighted by Gasteiger charge is 2.30. The van der Waals surface area contributed by atoms with Crippen molar-refractivity contribution in [2.45, 2.75) is 44.9 Å². The van der Waals surface area contributed by atoms with Crippen LogP contribution in [0.25, 0.3) is 0 Å². The predicted octanol–water partition coefficient (Wildman–Crippen LogP) is 2.45. The van der Waals surface area contributed by atoms with Crippen LogP contribution in [0.1, 0.15) is 44.6 Å². The molecule has 0 aliphatic carbocycles. The van der Waals surface area contributed by atoms with E-state index >= 15 is 0 Å². The van der Waals surface area contributed by atoms with Crippen LogP contribution in [-0.4, -0.2) is 19.3 Å². The Morgan fingerprint density at radius 1 is 1.44 bits per heavy atom. The maximum atomic E-state index is 12.2. The maximum absolute atomic E-state index is 12.2. The standard InChI is InChI=1S/C13H21N3OS/c1-6-7-11(16-18(17)13(3,4)5)12-10(2)14-8-9-15-12/h6,8-9,11,16H,1,7H2,2-5H3. The van der Waals surface area contributed by atoms with Gasteiger partial charge in [-0.05, 0) is 34.1 Å². The van der Waals surface area contributed by atoms with Crippen LogP contribution in [0.4, 0.5) is 0 Å². The fourth-order valence-electron chi connectivity index (χ4n) is 1.45. The molecular formula is C13H21N3OS. The summed E-state index contributed by atoms with van der Waals surface area (Å²) < 4.78 is 15.0. The number of hydrogen-bond donors (Lipinski definition) is 1. The Balaban J connectivity index is 2.90. The normalized spacial score (nSPS) is 15.2. The molecule has 0 amide bonds. The van der Waals surface area contributed by atoms with Crippen molar-refractivity contribution in [3.63, 3.8) is 0 Å². The van der Waals surface area contributed by atoms with Crippen LogP contribution < -0.4 is 4.72 Å². The molecule has 0 aliphatic rings. The summed E-state index contributed by atoms with van der Waals surface area (Å²) in [6, 6.07) is -0.115. The van der Waals surface area contributed by atoms with Crippen molar-refractivity contribution < 1.29 is 4.55 Å². The molecule has 0 spiro atoms. The molecule has 0 bridgehead atoms. The Morgan fingerprint density at radius 2 is 2.06 bits per heavy atom. The molecule has 18 heavy (non-hydrogen) atoms. The Morgan fingerprint density at radius 3 is 2.56 bits per heavy atom. The summed E-state index contributed by atoms with van der Waals surface area (Å²) >= 11 is -1.14. The van der Waals surface area contributed by atoms with Crippen LogP contribution in [0.15, 0.2) is 25.0 Å². The van der Waals surface area contributed by atoms with Gasteiger partial charge in [-0.3, -0.25) is 9.97 Å². The second kappa shape index (κ2) is 6.31. The van der Waals surface area contributed by atoms with Crippen LogP contribution in [0, 0.1) is 6.92 Å². The lowest BCUT2D eigenvalue weighted by molar-refractivity contribution is 0.519. The van der Waals surface area contributed by atoms with Crippen LogP contribution in [0.3, 0.4) is 0 Å². The number of aryl methyl sites for hydroxylation is 1. The Bertz CT molecular complexity index is 403. The summed E-state index contributed by atoms with van der Waals surface area (Å²) in [4.78, 5) is 8.54. The zero-order valence-corrected chi connectivity index (χ0v) is 12.3. The summed E-state index contributed by atoms with van der Waals surface area (Å²) in [7, 11) is 0. The molecule has 5 heteroatoms. The molecule has 0 radical (unpaired) electrons. The quantitative estimate of drug-likeness (QED) is 0.657. The first-order chi connectivity index (χ1) is 8.36. The second-order valence-corrected chi connectivity index (χ2v) is 7.10. The van der Waals surface area contributed by atoms with Gasteiger partial charge in [0.05, 0.1) is 17.4 Å². The average molecular weight is 267 g/mol. The van der Waals surface area contributed by atoms with Crippen molar-refractivity contribution in [3.8, 4) is 0 Å². The highest BCUT2D eigenvalue weighted by Crippen LogP contribution is 2.22. The molecule has 0 aromatic carbocycles. The van der Waals surface area contributed by atoms with Gasteiger partial charge < -0.3 is 4.55 Å². The fraction of sp³-hybridized carbons (Fsp3) is 0.538. The maximum Gasteiger partial charge on any atom is 0.136 e. The molecule has 1 rings (SSSR count). The third kappa shape index (κ3) is 4.08. The molecule has 0 saturated heterocycles. The van der Waals surface area contributed by atoms with Gasteiger partial charge in [-0.2, -0.15) is 0 Å². The van der Waals surface area contributed by atoms with Crippen molar-refractivity contribution in [3.05, 3.63) is 36.4 Å². The first-order valence-electron chi connectivity index (χ1n) is 5.92. The number of nitrogens with zero attached hydrogens (tertiary/aromatic N) is 2. The summed E-state index contributed by atoms with van der Waals surface area (Å²) in [5.41, 5.74) is 1.68. The smallest absolute Gasteiger partial charge is 0.136 e. The molecule has 100 valence electrons.